The molecule has 21 heavy (non-hydrogen) atoms. The zero-order valence-electron chi connectivity index (χ0n) is 12.3. The number of para-hydroxylation sites is 1. The minimum atomic E-state index is -0.213. The zero-order chi connectivity index (χ0) is 15.2. The van der Waals surface area contributed by atoms with Crippen molar-refractivity contribution in [1.82, 2.24) is 4.90 Å². The molecule has 2 rings (SSSR count). The molecule has 2 amide bonds. The number of esters is 1. The van der Waals surface area contributed by atoms with E-state index in [1.165, 1.54) is 7.11 Å². The minimum Gasteiger partial charge on any atom is -0.469 e. The quantitative estimate of drug-likeness (QED) is 0.686. The van der Waals surface area contributed by atoms with Crippen molar-refractivity contribution in [1.29, 1.82) is 0 Å². The molecule has 0 saturated carbocycles. The normalized spacial score (nSPS) is 17.6. The van der Waals surface area contributed by atoms with Gasteiger partial charge in [-0.3, -0.25) is 4.79 Å². The number of ether oxygens (including phenoxy) is 1. The average Bonchev–Trinajstić information content (AvgIpc) is 2.96. The smallest absolute Gasteiger partial charge is 0.321 e. The lowest BCUT2D eigenvalue weighted by molar-refractivity contribution is -0.141. The highest BCUT2D eigenvalue weighted by Crippen LogP contribution is 2.26. The predicted octanol–water partition coefficient (Wildman–Crippen LogP) is 2.83. The Morgan fingerprint density at radius 3 is 2.90 bits per heavy atom. The van der Waals surface area contributed by atoms with Crippen LogP contribution >= 0.6 is 11.8 Å². The van der Waals surface area contributed by atoms with Gasteiger partial charge in [0.2, 0.25) is 0 Å². The maximum absolute atomic E-state index is 12.3. The van der Waals surface area contributed by atoms with Gasteiger partial charge in [-0.05, 0) is 30.7 Å². The second-order valence-electron chi connectivity index (χ2n) is 5.01. The summed E-state index contributed by atoms with van der Waals surface area (Å²) in [6.45, 7) is 1.28. The summed E-state index contributed by atoms with van der Waals surface area (Å²) in [5, 5.41) is 2.94. The lowest BCUT2D eigenvalue weighted by atomic mass is 10.1. The molecule has 1 aromatic carbocycles. The van der Waals surface area contributed by atoms with Crippen LogP contribution in [0.25, 0.3) is 0 Å². The number of amides is 2. The number of likely N-dealkylation sites (tertiary alicyclic amines) is 1. The van der Waals surface area contributed by atoms with Gasteiger partial charge in [0.1, 0.15) is 0 Å². The van der Waals surface area contributed by atoms with E-state index in [-0.39, 0.29) is 17.9 Å². The Hall–Kier alpha value is -1.69. The van der Waals surface area contributed by atoms with E-state index >= 15 is 0 Å². The second-order valence-corrected chi connectivity index (χ2v) is 5.86. The number of carbonyl (C=O) groups is 2. The maximum atomic E-state index is 12.3. The van der Waals surface area contributed by atoms with Crippen molar-refractivity contribution in [2.45, 2.75) is 17.7 Å². The van der Waals surface area contributed by atoms with Crippen molar-refractivity contribution < 1.29 is 14.3 Å². The molecule has 0 radical (unpaired) electrons. The summed E-state index contributed by atoms with van der Waals surface area (Å²) in [7, 11) is 1.39. The summed E-state index contributed by atoms with van der Waals surface area (Å²) in [5.41, 5.74) is 0.825. The van der Waals surface area contributed by atoms with E-state index in [1.54, 1.807) is 16.7 Å². The van der Waals surface area contributed by atoms with Gasteiger partial charge in [0, 0.05) is 18.0 Å². The molecule has 1 heterocycles. The number of rotatable bonds is 4. The number of anilines is 1. The molecule has 0 aliphatic carbocycles. The Bertz CT molecular complexity index is 521. The van der Waals surface area contributed by atoms with E-state index in [2.05, 4.69) is 10.1 Å². The van der Waals surface area contributed by atoms with E-state index in [0.29, 0.717) is 19.5 Å². The molecule has 0 bridgehead atoms. The Kier molecular flexibility index (Phi) is 5.50. The molecule has 1 aromatic rings. The summed E-state index contributed by atoms with van der Waals surface area (Å²) in [6, 6.07) is 7.61. The van der Waals surface area contributed by atoms with Crippen LogP contribution in [0.1, 0.15) is 12.8 Å². The molecule has 1 saturated heterocycles. The van der Waals surface area contributed by atoms with E-state index in [1.807, 2.05) is 30.5 Å². The molecular formula is C15H20N2O3S. The van der Waals surface area contributed by atoms with Crippen molar-refractivity contribution in [2.75, 3.05) is 31.8 Å². The number of urea groups is 1. The number of nitrogens with zero attached hydrogens (tertiary/aromatic N) is 1. The lowest BCUT2D eigenvalue weighted by Gasteiger charge is -2.18. The van der Waals surface area contributed by atoms with Gasteiger partial charge >= 0.3 is 12.0 Å². The molecule has 1 aliphatic rings. The van der Waals surface area contributed by atoms with Crippen LogP contribution in [0.3, 0.4) is 0 Å². The topological polar surface area (TPSA) is 58.6 Å². The highest BCUT2D eigenvalue weighted by atomic mass is 32.2. The second kappa shape index (κ2) is 7.36. The molecule has 6 heteroatoms. The number of benzene rings is 1. The van der Waals surface area contributed by atoms with Crippen LogP contribution in [-0.4, -0.2) is 43.4 Å². The minimum absolute atomic E-state index is 0.108. The standard InChI is InChI=1S/C15H20N2O3S/c1-20-14(18)9-11-7-8-17(10-11)15(19)16-12-5-3-4-6-13(12)21-2/h3-6,11H,7-10H2,1-2H3,(H,16,19)/t11-/m1/s1. The van der Waals surface area contributed by atoms with Gasteiger partial charge in [-0.2, -0.15) is 0 Å². The van der Waals surface area contributed by atoms with Crippen LogP contribution in [0.4, 0.5) is 10.5 Å². The maximum Gasteiger partial charge on any atom is 0.321 e. The first-order chi connectivity index (χ1) is 10.1. The lowest BCUT2D eigenvalue weighted by Crippen LogP contribution is -2.33. The summed E-state index contributed by atoms with van der Waals surface area (Å²) >= 11 is 1.60. The third kappa shape index (κ3) is 4.14. The highest BCUT2D eigenvalue weighted by Gasteiger charge is 2.28. The first-order valence-electron chi connectivity index (χ1n) is 6.89. The van der Waals surface area contributed by atoms with Crippen LogP contribution < -0.4 is 5.32 Å². The number of nitrogens with one attached hydrogen (secondary N) is 1. The van der Waals surface area contributed by atoms with Crippen LogP contribution in [0, 0.1) is 5.92 Å². The van der Waals surface area contributed by atoms with Crippen LogP contribution in [0.2, 0.25) is 0 Å². The zero-order valence-corrected chi connectivity index (χ0v) is 13.1. The number of carbonyl (C=O) groups excluding carboxylic acids is 2. The first-order valence-corrected chi connectivity index (χ1v) is 8.12. The molecule has 5 nitrogen and oxygen atoms in total. The fraction of sp³-hybridized carbons (Fsp3) is 0.467. The van der Waals surface area contributed by atoms with Gasteiger partial charge < -0.3 is 15.0 Å². The molecule has 114 valence electrons. The highest BCUT2D eigenvalue weighted by molar-refractivity contribution is 7.98. The molecule has 1 aliphatic heterocycles. The first kappa shape index (κ1) is 15.7. The molecule has 0 unspecified atom stereocenters. The molecular weight excluding hydrogens is 288 g/mol. The van der Waals surface area contributed by atoms with Crippen molar-refractivity contribution >= 4 is 29.4 Å². The summed E-state index contributed by atoms with van der Waals surface area (Å²) in [6.07, 6.45) is 3.20. The Morgan fingerprint density at radius 2 is 2.19 bits per heavy atom. The average molecular weight is 308 g/mol. The number of hydrogen-bond acceptors (Lipinski definition) is 4. The van der Waals surface area contributed by atoms with Crippen molar-refractivity contribution in [2.24, 2.45) is 5.92 Å². The van der Waals surface area contributed by atoms with Gasteiger partial charge in [0.25, 0.3) is 0 Å². The van der Waals surface area contributed by atoms with Gasteiger partial charge in [0.15, 0.2) is 0 Å². The van der Waals surface area contributed by atoms with Gasteiger partial charge in [0.05, 0.1) is 19.2 Å². The summed E-state index contributed by atoms with van der Waals surface area (Å²) in [5.74, 6) is -0.0195. The van der Waals surface area contributed by atoms with E-state index in [4.69, 9.17) is 0 Å². The molecule has 0 aromatic heterocycles. The third-order valence-electron chi connectivity index (χ3n) is 3.60. The van der Waals surface area contributed by atoms with Gasteiger partial charge in [-0.15, -0.1) is 11.8 Å². The molecule has 1 fully saturated rings. The van der Waals surface area contributed by atoms with Crippen LogP contribution in [0.15, 0.2) is 29.2 Å². The largest absolute Gasteiger partial charge is 0.469 e. The molecule has 1 N–H and O–H groups in total. The van der Waals surface area contributed by atoms with E-state index in [0.717, 1.165) is 17.0 Å². The van der Waals surface area contributed by atoms with Crippen LogP contribution in [0.5, 0.6) is 0 Å². The van der Waals surface area contributed by atoms with Crippen molar-refractivity contribution in [3.63, 3.8) is 0 Å². The number of thioether (sulfide) groups is 1. The van der Waals surface area contributed by atoms with E-state index in [9.17, 15) is 9.59 Å². The SMILES string of the molecule is COC(=O)C[C@H]1CCN(C(=O)Nc2ccccc2SC)C1. The van der Waals surface area contributed by atoms with Crippen molar-refractivity contribution in [3.05, 3.63) is 24.3 Å². The number of methoxy groups -OCH3 is 1. The summed E-state index contributed by atoms with van der Waals surface area (Å²) < 4.78 is 4.67. The number of hydrogen-bond donors (Lipinski definition) is 1. The Balaban J connectivity index is 1.91. The Labute approximate surface area is 129 Å². The van der Waals surface area contributed by atoms with Gasteiger partial charge in [-0.25, -0.2) is 4.79 Å². The predicted molar refractivity (Wildman–Crippen MR) is 83.6 cm³/mol. The Morgan fingerprint density at radius 1 is 1.43 bits per heavy atom. The van der Waals surface area contributed by atoms with Crippen LogP contribution in [-0.2, 0) is 9.53 Å². The fourth-order valence-electron chi connectivity index (χ4n) is 2.44. The third-order valence-corrected chi connectivity index (χ3v) is 4.40. The monoisotopic (exact) mass is 308 g/mol. The fourth-order valence-corrected chi connectivity index (χ4v) is 3.00. The van der Waals surface area contributed by atoms with Gasteiger partial charge in [-0.1, -0.05) is 12.1 Å². The summed E-state index contributed by atoms with van der Waals surface area (Å²) in [4.78, 5) is 26.3. The van der Waals surface area contributed by atoms with Crippen molar-refractivity contribution in [3.8, 4) is 0 Å². The molecule has 0 spiro atoms. The molecule has 1 atom stereocenters. The van der Waals surface area contributed by atoms with E-state index < -0.39 is 0 Å².